The Balaban J connectivity index is 1.58. The summed E-state index contributed by atoms with van der Waals surface area (Å²) < 4.78 is 5.00. The van der Waals surface area contributed by atoms with E-state index in [1.807, 2.05) is 0 Å². The van der Waals surface area contributed by atoms with Crippen LogP contribution in [0.5, 0.6) is 0 Å². The number of hydrogen-bond donors (Lipinski definition) is 4. The zero-order valence-corrected chi connectivity index (χ0v) is 19.7. The van der Waals surface area contributed by atoms with Crippen molar-refractivity contribution in [3.63, 3.8) is 0 Å². The number of nitrogens with one attached hydrogen (secondary N) is 2. The van der Waals surface area contributed by atoms with Crippen molar-refractivity contribution < 1.29 is 24.3 Å². The van der Waals surface area contributed by atoms with Crippen LogP contribution in [-0.4, -0.2) is 65.5 Å². The molecule has 10 heteroatoms. The minimum absolute atomic E-state index is 0.0169. The number of amidine groups is 1. The Morgan fingerprint density at radius 2 is 1.88 bits per heavy atom. The van der Waals surface area contributed by atoms with Crippen LogP contribution in [0.1, 0.15) is 56.6 Å². The monoisotopic (exact) mass is 473 g/mol. The molecular formula is C24H35N5O5. The number of nitrogens with two attached hydrogens (primary N) is 1. The number of carbonyl (C=O) groups excluding carboxylic acids is 3. The lowest BCUT2D eigenvalue weighted by Gasteiger charge is -2.43. The molecule has 1 saturated carbocycles. The van der Waals surface area contributed by atoms with Crippen molar-refractivity contribution >= 4 is 23.6 Å². The van der Waals surface area contributed by atoms with Gasteiger partial charge in [0.05, 0.1) is 19.2 Å². The number of benzene rings is 1. The highest BCUT2D eigenvalue weighted by atomic mass is 16.5. The fourth-order valence-electron chi connectivity index (χ4n) is 4.59. The molecule has 34 heavy (non-hydrogen) atoms. The van der Waals surface area contributed by atoms with Crippen LogP contribution in [-0.2, 0) is 25.7 Å². The molecule has 1 saturated heterocycles. The summed E-state index contributed by atoms with van der Waals surface area (Å²) in [5.41, 5.74) is 7.01. The van der Waals surface area contributed by atoms with Crippen molar-refractivity contribution in [2.45, 2.75) is 64.1 Å². The first-order chi connectivity index (χ1) is 16.4. The summed E-state index contributed by atoms with van der Waals surface area (Å²) in [6.07, 6.45) is 5.75. The molecule has 0 spiro atoms. The zero-order chi connectivity index (χ0) is 24.5. The second kappa shape index (κ2) is 12.4. The maximum absolute atomic E-state index is 13.4. The average molecular weight is 474 g/mol. The van der Waals surface area contributed by atoms with Crippen LogP contribution in [0.25, 0.3) is 0 Å². The van der Waals surface area contributed by atoms with Crippen LogP contribution in [0.4, 0.5) is 0 Å². The third kappa shape index (κ3) is 6.47. The quantitative estimate of drug-likeness (QED) is 0.131. The van der Waals surface area contributed by atoms with Gasteiger partial charge in [-0.2, -0.15) is 0 Å². The van der Waals surface area contributed by atoms with Gasteiger partial charge in [-0.25, -0.2) is 0 Å². The number of oxime groups is 1. The Bertz CT molecular complexity index is 882. The summed E-state index contributed by atoms with van der Waals surface area (Å²) >= 11 is 0. The van der Waals surface area contributed by atoms with Gasteiger partial charge in [-0.3, -0.25) is 19.7 Å². The van der Waals surface area contributed by atoms with E-state index in [4.69, 9.17) is 15.7 Å². The molecule has 1 aromatic carbocycles. The van der Waals surface area contributed by atoms with Crippen LogP contribution in [0.3, 0.4) is 0 Å². The van der Waals surface area contributed by atoms with Crippen molar-refractivity contribution in [1.82, 2.24) is 15.5 Å². The minimum atomic E-state index is -0.514. The number of rotatable bonds is 10. The molecule has 2 fully saturated rings. The van der Waals surface area contributed by atoms with E-state index in [9.17, 15) is 14.4 Å². The molecule has 0 aromatic heterocycles. The number of nitrogens with zero attached hydrogens (tertiary/aromatic N) is 2. The van der Waals surface area contributed by atoms with Gasteiger partial charge in [0.15, 0.2) is 5.84 Å². The molecule has 0 bridgehead atoms. The van der Waals surface area contributed by atoms with Gasteiger partial charge in [0.1, 0.15) is 6.04 Å². The van der Waals surface area contributed by atoms with Crippen LogP contribution >= 0.6 is 0 Å². The molecule has 1 aliphatic carbocycles. The average Bonchev–Trinajstić information content (AvgIpc) is 2.83. The summed E-state index contributed by atoms with van der Waals surface area (Å²) in [5, 5.41) is 17.7. The number of esters is 1. The molecule has 0 unspecified atom stereocenters. The maximum Gasteiger partial charge on any atom is 0.319 e. The van der Waals surface area contributed by atoms with E-state index in [1.54, 1.807) is 36.1 Å². The van der Waals surface area contributed by atoms with E-state index in [0.29, 0.717) is 31.7 Å². The highest BCUT2D eigenvalue weighted by Gasteiger charge is 2.42. The van der Waals surface area contributed by atoms with Gasteiger partial charge in [-0.05, 0) is 37.7 Å². The number of ether oxygens (including phenoxy) is 1. The molecule has 2 atom stereocenters. The SMILES string of the molecule is CCOC(=O)CN[C@H](C(=O)N1CC[C@@H]1C(=O)NCc1ccc(/C(N)=N\O)cc1)C1CCCCC1. The third-order valence-electron chi connectivity index (χ3n) is 6.59. The Labute approximate surface area is 199 Å². The van der Waals surface area contributed by atoms with Crippen LogP contribution < -0.4 is 16.4 Å². The second-order valence-corrected chi connectivity index (χ2v) is 8.80. The summed E-state index contributed by atoms with van der Waals surface area (Å²) in [5.74, 6) is -0.539. The lowest BCUT2D eigenvalue weighted by atomic mass is 9.82. The molecule has 3 rings (SSSR count). The molecule has 0 radical (unpaired) electrons. The molecular weight excluding hydrogens is 438 g/mol. The van der Waals surface area contributed by atoms with Gasteiger partial charge in [-0.15, -0.1) is 0 Å². The topological polar surface area (TPSA) is 146 Å². The van der Waals surface area contributed by atoms with E-state index in [-0.39, 0.29) is 36.1 Å². The summed E-state index contributed by atoms with van der Waals surface area (Å²) in [4.78, 5) is 39.7. The van der Waals surface area contributed by atoms with Gasteiger partial charge in [0, 0.05) is 18.7 Å². The van der Waals surface area contributed by atoms with Crippen molar-refractivity contribution in [2.24, 2.45) is 16.8 Å². The lowest BCUT2D eigenvalue weighted by molar-refractivity contribution is -0.151. The zero-order valence-electron chi connectivity index (χ0n) is 19.7. The fourth-order valence-corrected chi connectivity index (χ4v) is 4.59. The van der Waals surface area contributed by atoms with Gasteiger partial charge in [0.2, 0.25) is 11.8 Å². The van der Waals surface area contributed by atoms with E-state index < -0.39 is 12.1 Å². The van der Waals surface area contributed by atoms with Gasteiger partial charge >= 0.3 is 5.97 Å². The molecule has 2 aliphatic rings. The number of carbonyl (C=O) groups is 3. The van der Waals surface area contributed by atoms with Gasteiger partial charge in [-0.1, -0.05) is 48.7 Å². The molecule has 1 aromatic rings. The summed E-state index contributed by atoms with van der Waals surface area (Å²) in [7, 11) is 0. The van der Waals surface area contributed by atoms with Crippen LogP contribution in [0.2, 0.25) is 0 Å². The van der Waals surface area contributed by atoms with Gasteiger partial charge < -0.3 is 25.9 Å². The van der Waals surface area contributed by atoms with Crippen LogP contribution in [0.15, 0.2) is 29.4 Å². The Hall–Kier alpha value is -3.14. The normalized spacial score (nSPS) is 19.7. The smallest absolute Gasteiger partial charge is 0.319 e. The lowest BCUT2D eigenvalue weighted by Crippen LogP contribution is -2.63. The Morgan fingerprint density at radius 3 is 2.47 bits per heavy atom. The first-order valence-corrected chi connectivity index (χ1v) is 12.0. The third-order valence-corrected chi connectivity index (χ3v) is 6.59. The molecule has 1 heterocycles. The number of hydrogen-bond acceptors (Lipinski definition) is 7. The minimum Gasteiger partial charge on any atom is -0.465 e. The van der Waals surface area contributed by atoms with Crippen molar-refractivity contribution in [3.8, 4) is 0 Å². The maximum atomic E-state index is 13.4. The standard InChI is InChI=1S/C24H35N5O5/c1-2-34-20(30)15-26-21(17-6-4-3-5-7-17)24(32)29-13-12-19(29)23(31)27-14-16-8-10-18(11-9-16)22(25)28-33/h8-11,17,19,21,26,33H,2-7,12-15H2,1H3,(H2,25,28)(H,27,31)/t19-,21+/m1/s1. The van der Waals surface area contributed by atoms with E-state index in [2.05, 4.69) is 15.8 Å². The molecule has 1 aliphatic heterocycles. The highest BCUT2D eigenvalue weighted by molar-refractivity contribution is 5.97. The largest absolute Gasteiger partial charge is 0.465 e. The van der Waals surface area contributed by atoms with E-state index >= 15 is 0 Å². The molecule has 10 nitrogen and oxygen atoms in total. The molecule has 2 amide bonds. The van der Waals surface area contributed by atoms with Crippen molar-refractivity contribution in [1.29, 1.82) is 0 Å². The van der Waals surface area contributed by atoms with Crippen molar-refractivity contribution in [2.75, 3.05) is 19.7 Å². The van der Waals surface area contributed by atoms with E-state index in [1.165, 1.54) is 0 Å². The second-order valence-electron chi connectivity index (χ2n) is 8.80. The van der Waals surface area contributed by atoms with Gasteiger partial charge in [0.25, 0.3) is 0 Å². The predicted octanol–water partition coefficient (Wildman–Crippen LogP) is 1.10. The van der Waals surface area contributed by atoms with Crippen LogP contribution in [0, 0.1) is 5.92 Å². The summed E-state index contributed by atoms with van der Waals surface area (Å²) in [6, 6.07) is 5.98. The first kappa shape index (κ1) is 25.5. The Morgan fingerprint density at radius 1 is 1.18 bits per heavy atom. The molecule has 5 N–H and O–H groups in total. The molecule has 186 valence electrons. The highest BCUT2D eigenvalue weighted by Crippen LogP contribution is 2.29. The first-order valence-electron chi connectivity index (χ1n) is 12.0. The number of likely N-dealkylation sites (tertiary alicyclic amines) is 1. The fraction of sp³-hybridized carbons (Fsp3) is 0.583. The van der Waals surface area contributed by atoms with Crippen molar-refractivity contribution in [3.05, 3.63) is 35.4 Å². The van der Waals surface area contributed by atoms with E-state index in [0.717, 1.165) is 37.7 Å². The summed E-state index contributed by atoms with van der Waals surface area (Å²) in [6.45, 7) is 2.85. The number of amides is 2. The Kier molecular flexibility index (Phi) is 9.26. The predicted molar refractivity (Wildman–Crippen MR) is 126 cm³/mol.